The van der Waals surface area contributed by atoms with Crippen LogP contribution in [0.25, 0.3) is 0 Å². The molecule has 0 saturated carbocycles. The van der Waals surface area contributed by atoms with Gasteiger partial charge >= 0.3 is 5.97 Å². The molecular formula is C14H15ClN4O2. The minimum Gasteiger partial charge on any atom is -0.454 e. The minimum absolute atomic E-state index is 0.0955. The van der Waals surface area contributed by atoms with E-state index < -0.39 is 5.97 Å². The Hall–Kier alpha value is -2.08. The average Bonchev–Trinajstić information content (AvgIpc) is 2.87. The molecule has 0 unspecified atom stereocenters. The van der Waals surface area contributed by atoms with Gasteiger partial charge in [0, 0.05) is 23.7 Å². The third-order valence-corrected chi connectivity index (χ3v) is 3.64. The average molecular weight is 307 g/mol. The molecule has 110 valence electrons. The Balaban J connectivity index is 1.70. The first kappa shape index (κ1) is 13.9. The number of carbonyl (C=O) groups is 1. The summed E-state index contributed by atoms with van der Waals surface area (Å²) in [5.41, 5.74) is 6.42. The second-order valence-electron chi connectivity index (χ2n) is 4.99. The zero-order valence-corrected chi connectivity index (χ0v) is 12.1. The first-order valence-electron chi connectivity index (χ1n) is 6.77. The fraction of sp³-hybridized carbons (Fsp3) is 0.357. The molecule has 0 saturated heterocycles. The van der Waals surface area contributed by atoms with Gasteiger partial charge in [0.15, 0.2) is 12.4 Å². The van der Waals surface area contributed by atoms with Crippen LogP contribution in [0.1, 0.15) is 34.8 Å². The highest BCUT2D eigenvalue weighted by molar-refractivity contribution is 6.31. The molecule has 1 aliphatic rings. The van der Waals surface area contributed by atoms with Crippen LogP contribution in [0.15, 0.2) is 18.2 Å². The number of halogens is 1. The van der Waals surface area contributed by atoms with Gasteiger partial charge in [-0.2, -0.15) is 0 Å². The number of aromatic nitrogens is 3. The Morgan fingerprint density at radius 2 is 2.19 bits per heavy atom. The van der Waals surface area contributed by atoms with E-state index in [1.54, 1.807) is 6.07 Å². The summed E-state index contributed by atoms with van der Waals surface area (Å²) in [7, 11) is 0. The molecule has 0 radical (unpaired) electrons. The zero-order chi connectivity index (χ0) is 14.8. The van der Waals surface area contributed by atoms with Crippen LogP contribution >= 0.6 is 11.6 Å². The Bertz CT molecular complexity index is 663. The summed E-state index contributed by atoms with van der Waals surface area (Å²) >= 11 is 5.87. The summed E-state index contributed by atoms with van der Waals surface area (Å²) in [6.45, 7) is 0.970. The molecule has 0 aliphatic carbocycles. The molecule has 0 bridgehead atoms. The number of carbonyl (C=O) groups excluding carboxylic acids is 1. The summed E-state index contributed by atoms with van der Waals surface area (Å²) in [6.07, 6.45) is 3.14. The molecule has 3 rings (SSSR count). The third kappa shape index (κ3) is 3.00. The molecule has 2 aromatic rings. The van der Waals surface area contributed by atoms with Gasteiger partial charge in [-0.3, -0.25) is 0 Å². The number of ether oxygens (including phenoxy) is 1. The normalized spacial score (nSPS) is 13.8. The van der Waals surface area contributed by atoms with Crippen molar-refractivity contribution >= 4 is 23.3 Å². The van der Waals surface area contributed by atoms with Gasteiger partial charge in [0.2, 0.25) is 0 Å². The maximum atomic E-state index is 12.0. The van der Waals surface area contributed by atoms with Crippen LogP contribution in [0.3, 0.4) is 0 Å². The van der Waals surface area contributed by atoms with E-state index >= 15 is 0 Å². The van der Waals surface area contributed by atoms with Crippen molar-refractivity contribution in [1.82, 2.24) is 14.8 Å². The molecule has 6 nitrogen and oxygen atoms in total. The van der Waals surface area contributed by atoms with Crippen molar-refractivity contribution in [3.05, 3.63) is 40.4 Å². The molecule has 21 heavy (non-hydrogen) atoms. The second kappa shape index (κ2) is 5.73. The van der Waals surface area contributed by atoms with E-state index in [-0.39, 0.29) is 6.61 Å². The number of nitrogen functional groups attached to an aromatic ring is 1. The van der Waals surface area contributed by atoms with Gasteiger partial charge in [-0.1, -0.05) is 11.6 Å². The molecule has 7 heteroatoms. The highest BCUT2D eigenvalue weighted by Gasteiger charge is 2.17. The minimum atomic E-state index is -0.475. The van der Waals surface area contributed by atoms with Crippen molar-refractivity contribution in [3.63, 3.8) is 0 Å². The monoisotopic (exact) mass is 306 g/mol. The van der Waals surface area contributed by atoms with Crippen molar-refractivity contribution < 1.29 is 9.53 Å². The summed E-state index contributed by atoms with van der Waals surface area (Å²) in [5, 5.41) is 8.60. The Morgan fingerprint density at radius 3 is 3.00 bits per heavy atom. The van der Waals surface area contributed by atoms with E-state index in [0.717, 1.165) is 31.6 Å². The largest absolute Gasteiger partial charge is 0.454 e. The fourth-order valence-corrected chi connectivity index (χ4v) is 2.66. The summed E-state index contributed by atoms with van der Waals surface area (Å²) in [6, 6.07) is 4.64. The predicted octanol–water partition coefficient (Wildman–Crippen LogP) is 2.21. The number of nitrogens with zero attached hydrogens (tertiary/aromatic N) is 3. The number of hydrogen-bond donors (Lipinski definition) is 1. The van der Waals surface area contributed by atoms with Gasteiger partial charge in [0.05, 0.1) is 5.56 Å². The second-order valence-corrected chi connectivity index (χ2v) is 5.43. The topological polar surface area (TPSA) is 83.0 Å². The SMILES string of the molecule is Nc1cc(Cl)cc(C(=O)OCc2nnc3n2CCCC3)c1. The van der Waals surface area contributed by atoms with E-state index in [0.29, 0.717) is 22.1 Å². The lowest BCUT2D eigenvalue weighted by Gasteiger charge is -2.14. The van der Waals surface area contributed by atoms with Crippen molar-refractivity contribution in [2.45, 2.75) is 32.4 Å². The highest BCUT2D eigenvalue weighted by Crippen LogP contribution is 2.18. The number of nitrogens with two attached hydrogens (primary N) is 1. The van der Waals surface area contributed by atoms with Crippen molar-refractivity contribution in [1.29, 1.82) is 0 Å². The van der Waals surface area contributed by atoms with Crippen LogP contribution in [0.2, 0.25) is 5.02 Å². The summed E-state index contributed by atoms with van der Waals surface area (Å²) < 4.78 is 7.29. The Morgan fingerprint density at radius 1 is 1.33 bits per heavy atom. The van der Waals surface area contributed by atoms with E-state index in [4.69, 9.17) is 22.1 Å². The maximum absolute atomic E-state index is 12.0. The lowest BCUT2D eigenvalue weighted by molar-refractivity contribution is 0.0457. The summed E-state index contributed by atoms with van der Waals surface area (Å²) in [5.74, 6) is 1.16. The fourth-order valence-electron chi connectivity index (χ4n) is 2.42. The lowest BCUT2D eigenvalue weighted by atomic mass is 10.2. The summed E-state index contributed by atoms with van der Waals surface area (Å²) in [4.78, 5) is 12.0. The Kier molecular flexibility index (Phi) is 3.79. The van der Waals surface area contributed by atoms with Crippen LogP contribution < -0.4 is 5.73 Å². The standard InChI is InChI=1S/C14H15ClN4O2/c15-10-5-9(6-11(16)7-10)14(20)21-8-13-18-17-12-3-1-2-4-19(12)13/h5-7H,1-4,8,16H2. The van der Waals surface area contributed by atoms with Crippen LogP contribution in [0, 0.1) is 0 Å². The van der Waals surface area contributed by atoms with E-state index in [9.17, 15) is 4.79 Å². The van der Waals surface area contributed by atoms with Crippen molar-refractivity contribution in [2.24, 2.45) is 0 Å². The van der Waals surface area contributed by atoms with Gasteiger partial charge in [0.1, 0.15) is 5.82 Å². The molecule has 1 aliphatic heterocycles. The molecule has 1 aromatic carbocycles. The molecular weight excluding hydrogens is 292 g/mol. The quantitative estimate of drug-likeness (QED) is 0.694. The maximum Gasteiger partial charge on any atom is 0.338 e. The van der Waals surface area contributed by atoms with Gasteiger partial charge in [-0.25, -0.2) is 4.79 Å². The molecule has 0 spiro atoms. The number of esters is 1. The smallest absolute Gasteiger partial charge is 0.338 e. The number of rotatable bonds is 3. The van der Waals surface area contributed by atoms with E-state index in [2.05, 4.69) is 10.2 Å². The predicted molar refractivity (Wildman–Crippen MR) is 77.9 cm³/mol. The molecule has 0 fully saturated rings. The highest BCUT2D eigenvalue weighted by atomic mass is 35.5. The first-order valence-corrected chi connectivity index (χ1v) is 7.15. The van der Waals surface area contributed by atoms with Gasteiger partial charge in [-0.15, -0.1) is 10.2 Å². The molecule has 0 amide bonds. The number of fused-ring (bicyclic) bond motifs is 1. The Labute approximate surface area is 126 Å². The van der Waals surface area contributed by atoms with E-state index in [1.165, 1.54) is 12.1 Å². The zero-order valence-electron chi connectivity index (χ0n) is 11.4. The third-order valence-electron chi connectivity index (χ3n) is 3.42. The van der Waals surface area contributed by atoms with Crippen LogP contribution in [0.5, 0.6) is 0 Å². The van der Waals surface area contributed by atoms with Crippen LogP contribution in [0.4, 0.5) is 5.69 Å². The van der Waals surface area contributed by atoms with Gasteiger partial charge < -0.3 is 15.0 Å². The van der Waals surface area contributed by atoms with Gasteiger partial charge in [-0.05, 0) is 31.0 Å². The van der Waals surface area contributed by atoms with Crippen molar-refractivity contribution in [3.8, 4) is 0 Å². The number of hydrogen-bond acceptors (Lipinski definition) is 5. The van der Waals surface area contributed by atoms with Crippen molar-refractivity contribution in [2.75, 3.05) is 5.73 Å². The van der Waals surface area contributed by atoms with Crippen LogP contribution in [-0.2, 0) is 24.3 Å². The number of aryl methyl sites for hydroxylation is 1. The number of benzene rings is 1. The van der Waals surface area contributed by atoms with Gasteiger partial charge in [0.25, 0.3) is 0 Å². The molecule has 0 atom stereocenters. The number of anilines is 1. The lowest BCUT2D eigenvalue weighted by Crippen LogP contribution is -2.15. The molecule has 2 N–H and O–H groups in total. The van der Waals surface area contributed by atoms with Crippen LogP contribution in [-0.4, -0.2) is 20.7 Å². The first-order chi connectivity index (χ1) is 10.1. The van der Waals surface area contributed by atoms with E-state index in [1.807, 2.05) is 4.57 Å². The molecule has 1 aromatic heterocycles. The molecule has 2 heterocycles.